The predicted octanol–water partition coefficient (Wildman–Crippen LogP) is 1.41. The highest BCUT2D eigenvalue weighted by atomic mass is 35.7. The summed E-state index contributed by atoms with van der Waals surface area (Å²) in [5.41, 5.74) is 0. The Morgan fingerprint density at radius 1 is 1.58 bits per heavy atom. The second-order valence-corrected chi connectivity index (χ2v) is 5.08. The Morgan fingerprint density at radius 3 is 2.50 bits per heavy atom. The highest BCUT2D eigenvalue weighted by molar-refractivity contribution is 8.14. The fraction of sp³-hybridized carbons (Fsp3) is 0.833. The van der Waals surface area contributed by atoms with Crippen LogP contribution < -0.4 is 0 Å². The third-order valence-corrected chi connectivity index (χ3v) is 2.93. The summed E-state index contributed by atoms with van der Waals surface area (Å²) in [5.74, 6) is 0. The lowest BCUT2D eigenvalue weighted by Crippen LogP contribution is -2.12. The average Bonchev–Trinajstić information content (AvgIpc) is 1.95. The molecule has 6 heteroatoms. The number of halogens is 1. The molecule has 0 aromatic carbocycles. The molecule has 0 radical (unpaired) electrons. The van der Waals surface area contributed by atoms with Crippen LogP contribution in [0.4, 0.5) is 0 Å². The van der Waals surface area contributed by atoms with Gasteiger partial charge in [-0.05, 0) is 6.42 Å². The molecule has 0 N–H and O–H groups in total. The lowest BCUT2D eigenvalue weighted by molar-refractivity contribution is 0.552. The highest BCUT2D eigenvalue weighted by Crippen LogP contribution is 2.14. The molecule has 0 aliphatic heterocycles. The molecule has 0 aromatic rings. The quantitative estimate of drug-likeness (QED) is 0.392. The summed E-state index contributed by atoms with van der Waals surface area (Å²) >= 11 is 0. The van der Waals surface area contributed by atoms with Gasteiger partial charge in [-0.1, -0.05) is 19.8 Å². The Labute approximate surface area is 76.1 Å². The molecule has 12 heavy (non-hydrogen) atoms. The summed E-state index contributed by atoms with van der Waals surface area (Å²) < 4.78 is 21.4. The minimum absolute atomic E-state index is 0.275. The molecule has 4 nitrogen and oxygen atoms in total. The molecule has 0 saturated carbocycles. The monoisotopic (exact) mass is 211 g/mol. The van der Waals surface area contributed by atoms with Gasteiger partial charge in [-0.15, -0.1) is 0 Å². The van der Waals surface area contributed by atoms with Crippen LogP contribution in [0.3, 0.4) is 0 Å². The second kappa shape index (κ2) is 5.30. The van der Waals surface area contributed by atoms with E-state index in [0.717, 1.165) is 6.42 Å². The van der Waals surface area contributed by atoms with Gasteiger partial charge in [-0.3, -0.25) is 0 Å². The van der Waals surface area contributed by atoms with Crippen molar-refractivity contribution in [3.8, 4) is 0 Å². The van der Waals surface area contributed by atoms with E-state index in [1.165, 1.54) is 6.08 Å². The van der Waals surface area contributed by atoms with Gasteiger partial charge in [0.05, 0.1) is 0 Å². The number of hydrogen-bond donors (Lipinski definition) is 0. The number of nitrogens with zero attached hydrogens (tertiary/aromatic N) is 1. The first-order valence-corrected chi connectivity index (χ1v) is 5.90. The highest BCUT2D eigenvalue weighted by Gasteiger charge is 2.21. The lowest BCUT2D eigenvalue weighted by atomic mass is 10.2. The van der Waals surface area contributed by atoms with Crippen LogP contribution in [0.5, 0.6) is 0 Å². The van der Waals surface area contributed by atoms with E-state index in [9.17, 15) is 13.2 Å². The molecule has 0 aliphatic carbocycles. The number of aliphatic imine (C=N–C) groups is 1. The topological polar surface area (TPSA) is 63.6 Å². The van der Waals surface area contributed by atoms with E-state index >= 15 is 0 Å². The molecular formula is C6H10ClNO3S. The van der Waals surface area contributed by atoms with Crippen LogP contribution in [-0.4, -0.2) is 19.9 Å². The van der Waals surface area contributed by atoms with Crippen LogP contribution in [0.15, 0.2) is 4.99 Å². The molecule has 1 unspecified atom stereocenters. The third kappa shape index (κ3) is 4.49. The van der Waals surface area contributed by atoms with Gasteiger partial charge in [0.25, 0.3) is 9.05 Å². The van der Waals surface area contributed by atoms with E-state index in [-0.39, 0.29) is 6.42 Å². The predicted molar refractivity (Wildman–Crippen MR) is 46.2 cm³/mol. The SMILES string of the molecule is CCCCC(N=C=O)S(=O)(=O)Cl. The minimum atomic E-state index is -3.76. The molecule has 1 atom stereocenters. The van der Waals surface area contributed by atoms with Gasteiger partial charge in [0.1, 0.15) is 0 Å². The van der Waals surface area contributed by atoms with Gasteiger partial charge < -0.3 is 0 Å². The maximum Gasteiger partial charge on any atom is 0.256 e. The summed E-state index contributed by atoms with van der Waals surface area (Å²) in [4.78, 5) is 12.9. The van der Waals surface area contributed by atoms with Crippen LogP contribution in [0, 0.1) is 0 Å². The van der Waals surface area contributed by atoms with Crippen molar-refractivity contribution in [3.63, 3.8) is 0 Å². The maximum atomic E-state index is 10.7. The fourth-order valence-electron chi connectivity index (χ4n) is 0.706. The Balaban J connectivity index is 4.35. The van der Waals surface area contributed by atoms with Gasteiger partial charge in [0.2, 0.25) is 6.08 Å². The van der Waals surface area contributed by atoms with Crippen molar-refractivity contribution in [1.82, 2.24) is 0 Å². The number of isocyanates is 1. The van der Waals surface area contributed by atoms with E-state index in [1.807, 2.05) is 6.92 Å². The molecule has 0 amide bonds. The van der Waals surface area contributed by atoms with E-state index in [4.69, 9.17) is 10.7 Å². The molecule has 70 valence electrons. The van der Waals surface area contributed by atoms with Crippen molar-refractivity contribution >= 4 is 25.8 Å². The molecule has 0 fully saturated rings. The molecule has 0 aromatic heterocycles. The first-order chi connectivity index (χ1) is 5.52. The number of rotatable bonds is 5. The van der Waals surface area contributed by atoms with Crippen molar-refractivity contribution in [3.05, 3.63) is 0 Å². The molecule has 0 bridgehead atoms. The largest absolute Gasteiger partial charge is 0.256 e. The number of carbonyl (C=O) groups excluding carboxylic acids is 1. The minimum Gasteiger partial charge on any atom is -0.211 e. The van der Waals surface area contributed by atoms with Crippen LogP contribution in [0.2, 0.25) is 0 Å². The van der Waals surface area contributed by atoms with Crippen LogP contribution in [0.25, 0.3) is 0 Å². The fourth-order valence-corrected chi connectivity index (χ4v) is 1.71. The van der Waals surface area contributed by atoms with Crippen molar-refractivity contribution in [1.29, 1.82) is 0 Å². The molecule has 0 aliphatic rings. The van der Waals surface area contributed by atoms with Gasteiger partial charge in [0.15, 0.2) is 5.37 Å². The number of unbranched alkanes of at least 4 members (excludes halogenated alkanes) is 1. The Morgan fingerprint density at radius 2 is 2.17 bits per heavy atom. The Kier molecular flexibility index (Phi) is 5.13. The third-order valence-electron chi connectivity index (χ3n) is 1.33. The first-order valence-electron chi connectivity index (χ1n) is 3.52. The molecule has 0 rings (SSSR count). The lowest BCUT2D eigenvalue weighted by Gasteiger charge is -2.04. The van der Waals surface area contributed by atoms with Crippen molar-refractivity contribution in [2.75, 3.05) is 0 Å². The molecular weight excluding hydrogens is 202 g/mol. The maximum absolute atomic E-state index is 10.7. The molecule has 0 saturated heterocycles. The van der Waals surface area contributed by atoms with E-state index in [2.05, 4.69) is 4.99 Å². The van der Waals surface area contributed by atoms with Crippen LogP contribution >= 0.6 is 10.7 Å². The van der Waals surface area contributed by atoms with Crippen molar-refractivity contribution in [2.24, 2.45) is 4.99 Å². The molecule has 0 heterocycles. The van der Waals surface area contributed by atoms with Gasteiger partial charge in [-0.2, -0.15) is 4.99 Å². The summed E-state index contributed by atoms with van der Waals surface area (Å²) in [7, 11) is 1.26. The van der Waals surface area contributed by atoms with Crippen molar-refractivity contribution < 1.29 is 13.2 Å². The van der Waals surface area contributed by atoms with Crippen LogP contribution in [-0.2, 0) is 13.8 Å². The zero-order chi connectivity index (χ0) is 9.61. The number of hydrogen-bond acceptors (Lipinski definition) is 4. The second-order valence-electron chi connectivity index (χ2n) is 2.29. The zero-order valence-corrected chi connectivity index (χ0v) is 8.23. The summed E-state index contributed by atoms with van der Waals surface area (Å²) in [6, 6.07) is 0. The van der Waals surface area contributed by atoms with Gasteiger partial charge in [0, 0.05) is 10.7 Å². The van der Waals surface area contributed by atoms with Crippen LogP contribution in [0.1, 0.15) is 26.2 Å². The Hall–Kier alpha value is -0.380. The normalized spacial score (nSPS) is 13.5. The van der Waals surface area contributed by atoms with E-state index in [1.54, 1.807) is 0 Å². The van der Waals surface area contributed by atoms with Gasteiger partial charge in [-0.25, -0.2) is 13.2 Å². The average molecular weight is 212 g/mol. The first kappa shape index (κ1) is 11.6. The Bertz CT molecular complexity index is 269. The smallest absolute Gasteiger partial charge is 0.211 e. The molecule has 0 spiro atoms. The van der Waals surface area contributed by atoms with E-state index in [0.29, 0.717) is 6.42 Å². The van der Waals surface area contributed by atoms with Gasteiger partial charge >= 0.3 is 0 Å². The summed E-state index contributed by atoms with van der Waals surface area (Å²) in [6.45, 7) is 1.91. The standard InChI is InChI=1S/C6H10ClNO3S/c1-2-3-4-6(8-5-9)12(7,10)11/h6H,2-4H2,1H3. The van der Waals surface area contributed by atoms with Crippen molar-refractivity contribution in [2.45, 2.75) is 31.6 Å². The summed E-state index contributed by atoms with van der Waals surface area (Å²) in [6.07, 6.45) is 2.97. The summed E-state index contributed by atoms with van der Waals surface area (Å²) in [5, 5.41) is -1.13. The van der Waals surface area contributed by atoms with E-state index < -0.39 is 14.4 Å². The zero-order valence-electron chi connectivity index (χ0n) is 6.66.